The van der Waals surface area contributed by atoms with Gasteiger partial charge in [-0.1, -0.05) is 18.2 Å². The molecule has 0 fully saturated rings. The van der Waals surface area contributed by atoms with Gasteiger partial charge in [-0.3, -0.25) is 0 Å². The van der Waals surface area contributed by atoms with E-state index in [1.807, 2.05) is 48.3 Å². The molecular formula is C17H15N3O2. The molecule has 0 saturated heterocycles. The molecule has 5 nitrogen and oxygen atoms in total. The van der Waals surface area contributed by atoms with Crippen molar-refractivity contribution in [2.45, 2.75) is 0 Å². The molecular weight excluding hydrogens is 278 g/mol. The van der Waals surface area contributed by atoms with E-state index in [0.29, 0.717) is 11.1 Å². The van der Waals surface area contributed by atoms with Gasteiger partial charge in [0.1, 0.15) is 12.1 Å². The van der Waals surface area contributed by atoms with E-state index in [1.165, 1.54) is 13.4 Å². The van der Waals surface area contributed by atoms with Gasteiger partial charge in [-0.25, -0.2) is 14.8 Å². The van der Waals surface area contributed by atoms with Gasteiger partial charge in [-0.2, -0.15) is 0 Å². The fourth-order valence-electron chi connectivity index (χ4n) is 2.33. The Bertz CT molecular complexity index is 819. The van der Waals surface area contributed by atoms with Crippen molar-refractivity contribution in [3.8, 4) is 0 Å². The van der Waals surface area contributed by atoms with Crippen molar-refractivity contribution in [1.29, 1.82) is 0 Å². The Hall–Kier alpha value is -2.95. The zero-order chi connectivity index (χ0) is 15.5. The number of hydrogen-bond donors (Lipinski definition) is 0. The first-order chi connectivity index (χ1) is 10.7. The summed E-state index contributed by atoms with van der Waals surface area (Å²) in [6, 6.07) is 15.2. The maximum absolute atomic E-state index is 11.6. The van der Waals surface area contributed by atoms with Crippen molar-refractivity contribution >= 4 is 28.4 Å². The molecule has 0 atom stereocenters. The number of ether oxygens (including phenoxy) is 1. The van der Waals surface area contributed by atoms with Crippen molar-refractivity contribution < 1.29 is 9.53 Å². The van der Waals surface area contributed by atoms with Crippen LogP contribution in [-0.2, 0) is 4.74 Å². The maximum atomic E-state index is 11.6. The zero-order valence-electron chi connectivity index (χ0n) is 12.4. The van der Waals surface area contributed by atoms with Crippen LogP contribution in [0.3, 0.4) is 0 Å². The van der Waals surface area contributed by atoms with Crippen LogP contribution in [0.4, 0.5) is 11.5 Å². The van der Waals surface area contributed by atoms with Gasteiger partial charge in [0, 0.05) is 18.1 Å². The number of carbonyl (C=O) groups excluding carboxylic acids is 1. The van der Waals surface area contributed by atoms with E-state index < -0.39 is 0 Å². The molecule has 0 bridgehead atoms. The Morgan fingerprint density at radius 2 is 1.86 bits per heavy atom. The summed E-state index contributed by atoms with van der Waals surface area (Å²) in [5.41, 5.74) is 2.21. The molecule has 0 spiro atoms. The van der Waals surface area contributed by atoms with Crippen molar-refractivity contribution in [3.63, 3.8) is 0 Å². The van der Waals surface area contributed by atoms with Crippen LogP contribution in [0.1, 0.15) is 10.4 Å². The highest BCUT2D eigenvalue weighted by molar-refractivity contribution is 5.97. The first-order valence-corrected chi connectivity index (χ1v) is 6.82. The molecule has 5 heteroatoms. The highest BCUT2D eigenvalue weighted by atomic mass is 16.5. The van der Waals surface area contributed by atoms with Gasteiger partial charge in [-0.15, -0.1) is 0 Å². The Morgan fingerprint density at radius 3 is 2.59 bits per heavy atom. The molecule has 0 radical (unpaired) electrons. The molecule has 0 unspecified atom stereocenters. The SMILES string of the molecule is COC(=O)c1ccc2c(N(C)c3ccccc3)ncnc2c1. The number of aromatic nitrogens is 2. The molecule has 1 aromatic heterocycles. The number of methoxy groups -OCH3 is 1. The predicted molar refractivity (Wildman–Crippen MR) is 85.4 cm³/mol. The lowest BCUT2D eigenvalue weighted by molar-refractivity contribution is 0.0601. The van der Waals surface area contributed by atoms with Gasteiger partial charge in [-0.05, 0) is 30.3 Å². The molecule has 0 aliphatic rings. The molecule has 110 valence electrons. The number of fused-ring (bicyclic) bond motifs is 1. The summed E-state index contributed by atoms with van der Waals surface area (Å²) in [6.07, 6.45) is 1.50. The summed E-state index contributed by atoms with van der Waals surface area (Å²) in [4.78, 5) is 22.2. The number of nitrogens with zero attached hydrogens (tertiary/aromatic N) is 3. The molecule has 1 heterocycles. The second-order valence-corrected chi connectivity index (χ2v) is 4.82. The van der Waals surface area contributed by atoms with E-state index >= 15 is 0 Å². The monoisotopic (exact) mass is 293 g/mol. The molecule has 22 heavy (non-hydrogen) atoms. The van der Waals surface area contributed by atoms with Gasteiger partial charge in [0.2, 0.25) is 0 Å². The number of esters is 1. The molecule has 0 N–H and O–H groups in total. The van der Waals surface area contributed by atoms with Gasteiger partial charge >= 0.3 is 5.97 Å². The topological polar surface area (TPSA) is 55.3 Å². The minimum Gasteiger partial charge on any atom is -0.465 e. The molecule has 0 aliphatic carbocycles. The van der Waals surface area contributed by atoms with E-state index in [4.69, 9.17) is 4.74 Å². The largest absolute Gasteiger partial charge is 0.465 e. The summed E-state index contributed by atoms with van der Waals surface area (Å²) in [6.45, 7) is 0. The van der Waals surface area contributed by atoms with Crippen LogP contribution in [0.2, 0.25) is 0 Å². The van der Waals surface area contributed by atoms with E-state index in [2.05, 4.69) is 9.97 Å². The molecule has 3 rings (SSSR count). The molecule has 2 aromatic carbocycles. The first kappa shape index (κ1) is 14.0. The van der Waals surface area contributed by atoms with Crippen LogP contribution >= 0.6 is 0 Å². The Morgan fingerprint density at radius 1 is 1.09 bits per heavy atom. The fourth-order valence-corrected chi connectivity index (χ4v) is 2.33. The van der Waals surface area contributed by atoms with Crippen LogP contribution < -0.4 is 4.90 Å². The van der Waals surface area contributed by atoms with E-state index in [1.54, 1.807) is 12.1 Å². The molecule has 0 saturated carbocycles. The van der Waals surface area contributed by atoms with Gasteiger partial charge < -0.3 is 9.64 Å². The van der Waals surface area contributed by atoms with Crippen molar-refractivity contribution in [2.75, 3.05) is 19.1 Å². The second kappa shape index (κ2) is 5.81. The van der Waals surface area contributed by atoms with Crippen LogP contribution in [-0.4, -0.2) is 30.1 Å². The van der Waals surface area contributed by atoms with Crippen LogP contribution in [0, 0.1) is 0 Å². The summed E-state index contributed by atoms with van der Waals surface area (Å²) in [5, 5.41) is 0.876. The third-order valence-corrected chi connectivity index (χ3v) is 3.50. The minimum absolute atomic E-state index is 0.376. The van der Waals surface area contributed by atoms with Crippen LogP contribution in [0.5, 0.6) is 0 Å². The zero-order valence-corrected chi connectivity index (χ0v) is 12.4. The third-order valence-electron chi connectivity index (χ3n) is 3.50. The van der Waals surface area contributed by atoms with Gasteiger partial charge in [0.15, 0.2) is 0 Å². The average Bonchev–Trinajstić information content (AvgIpc) is 2.60. The Balaban J connectivity index is 2.09. The van der Waals surface area contributed by atoms with Crippen molar-refractivity contribution in [3.05, 3.63) is 60.4 Å². The molecule has 3 aromatic rings. The number of carbonyl (C=O) groups is 1. The number of hydrogen-bond acceptors (Lipinski definition) is 5. The molecule has 0 aliphatic heterocycles. The second-order valence-electron chi connectivity index (χ2n) is 4.82. The third kappa shape index (κ3) is 2.48. The summed E-state index contributed by atoms with van der Waals surface area (Å²) >= 11 is 0. The summed E-state index contributed by atoms with van der Waals surface area (Å²) in [7, 11) is 3.31. The van der Waals surface area contributed by atoms with Gasteiger partial charge in [0.25, 0.3) is 0 Å². The Kier molecular flexibility index (Phi) is 3.70. The summed E-state index contributed by atoms with van der Waals surface area (Å²) < 4.78 is 4.74. The van der Waals surface area contributed by atoms with E-state index in [9.17, 15) is 4.79 Å². The quantitative estimate of drug-likeness (QED) is 0.694. The normalized spacial score (nSPS) is 10.5. The van der Waals surface area contributed by atoms with Crippen LogP contribution in [0.15, 0.2) is 54.9 Å². The average molecular weight is 293 g/mol. The standard InChI is InChI=1S/C17H15N3O2/c1-20(13-6-4-3-5-7-13)16-14-9-8-12(17(21)22-2)10-15(14)18-11-19-16/h3-11H,1-2H3. The first-order valence-electron chi connectivity index (χ1n) is 6.82. The maximum Gasteiger partial charge on any atom is 0.337 e. The lowest BCUT2D eigenvalue weighted by Gasteiger charge is -2.19. The van der Waals surface area contributed by atoms with E-state index in [0.717, 1.165) is 16.9 Å². The summed E-state index contributed by atoms with van der Waals surface area (Å²) in [5.74, 6) is 0.408. The minimum atomic E-state index is -0.376. The van der Waals surface area contributed by atoms with Crippen molar-refractivity contribution in [1.82, 2.24) is 9.97 Å². The number of para-hydroxylation sites is 1. The lowest BCUT2D eigenvalue weighted by atomic mass is 10.1. The molecule has 0 amide bonds. The van der Waals surface area contributed by atoms with Gasteiger partial charge in [0.05, 0.1) is 18.2 Å². The number of anilines is 2. The van der Waals surface area contributed by atoms with Crippen LogP contribution in [0.25, 0.3) is 10.9 Å². The highest BCUT2D eigenvalue weighted by Gasteiger charge is 2.12. The fraction of sp³-hybridized carbons (Fsp3) is 0.118. The number of benzene rings is 2. The Labute approximate surface area is 128 Å². The number of rotatable bonds is 3. The smallest absolute Gasteiger partial charge is 0.337 e. The lowest BCUT2D eigenvalue weighted by Crippen LogP contribution is -2.12. The van der Waals surface area contributed by atoms with E-state index in [-0.39, 0.29) is 5.97 Å². The predicted octanol–water partition coefficient (Wildman–Crippen LogP) is 3.18. The highest BCUT2D eigenvalue weighted by Crippen LogP contribution is 2.28. The van der Waals surface area contributed by atoms with Crippen molar-refractivity contribution in [2.24, 2.45) is 0 Å².